The molecule has 0 radical (unpaired) electrons. The third kappa shape index (κ3) is 3.87. The molecule has 2 rings (SSSR count). The van der Waals surface area contributed by atoms with Gasteiger partial charge in [-0.2, -0.15) is 4.98 Å². The quantitative estimate of drug-likeness (QED) is 0.784. The van der Waals surface area contributed by atoms with Crippen LogP contribution in [0.2, 0.25) is 0 Å². The summed E-state index contributed by atoms with van der Waals surface area (Å²) in [6.45, 7) is 1.86. The molecule has 0 saturated carbocycles. The molecule has 2 aromatic rings. The third-order valence-corrected chi connectivity index (χ3v) is 3.33. The standard InChI is InChI=1S/C12H14N2O4S/c1-8(12(15)16)17-6-2-5-10-13-11(14-18-10)9-4-3-7-19-9/h3-4,7-8H,2,5-6H2,1H3,(H,15,16). The Hall–Kier alpha value is -1.73. The molecular weight excluding hydrogens is 268 g/mol. The van der Waals surface area contributed by atoms with Gasteiger partial charge in [-0.05, 0) is 24.8 Å². The van der Waals surface area contributed by atoms with Crippen LogP contribution in [0.25, 0.3) is 10.7 Å². The van der Waals surface area contributed by atoms with Crippen LogP contribution in [0.15, 0.2) is 22.0 Å². The van der Waals surface area contributed by atoms with E-state index in [1.54, 1.807) is 11.3 Å². The van der Waals surface area contributed by atoms with Crippen molar-refractivity contribution in [1.29, 1.82) is 0 Å². The Kier molecular flexibility index (Phi) is 4.64. The highest BCUT2D eigenvalue weighted by Crippen LogP contribution is 2.21. The largest absolute Gasteiger partial charge is 0.479 e. The molecule has 0 bridgehead atoms. The summed E-state index contributed by atoms with van der Waals surface area (Å²) in [6.07, 6.45) is 0.429. The fraction of sp³-hybridized carbons (Fsp3) is 0.417. The number of aliphatic carboxylic acids is 1. The summed E-state index contributed by atoms with van der Waals surface area (Å²) in [4.78, 5) is 15.8. The molecule has 0 fully saturated rings. The van der Waals surface area contributed by atoms with E-state index in [1.807, 2.05) is 17.5 Å². The van der Waals surface area contributed by atoms with Crippen LogP contribution in [-0.2, 0) is 16.0 Å². The van der Waals surface area contributed by atoms with Gasteiger partial charge >= 0.3 is 5.97 Å². The van der Waals surface area contributed by atoms with E-state index >= 15 is 0 Å². The summed E-state index contributed by atoms with van der Waals surface area (Å²) < 4.78 is 10.2. The van der Waals surface area contributed by atoms with E-state index in [0.717, 1.165) is 4.88 Å². The molecule has 1 N–H and O–H groups in total. The molecule has 0 aliphatic rings. The minimum Gasteiger partial charge on any atom is -0.479 e. The van der Waals surface area contributed by atoms with Crippen molar-refractivity contribution < 1.29 is 19.2 Å². The zero-order valence-corrected chi connectivity index (χ0v) is 11.2. The van der Waals surface area contributed by atoms with Gasteiger partial charge in [-0.1, -0.05) is 11.2 Å². The second-order valence-corrected chi connectivity index (χ2v) is 4.89. The minimum atomic E-state index is -0.960. The van der Waals surface area contributed by atoms with E-state index in [4.69, 9.17) is 14.4 Å². The summed E-state index contributed by atoms with van der Waals surface area (Å²) in [5.74, 6) is 0.164. The van der Waals surface area contributed by atoms with Crippen LogP contribution in [0, 0.1) is 0 Å². The summed E-state index contributed by atoms with van der Waals surface area (Å²) in [7, 11) is 0. The topological polar surface area (TPSA) is 85.5 Å². The van der Waals surface area contributed by atoms with Gasteiger partial charge in [0.25, 0.3) is 0 Å². The van der Waals surface area contributed by atoms with E-state index in [1.165, 1.54) is 6.92 Å². The Morgan fingerprint density at radius 3 is 3.16 bits per heavy atom. The lowest BCUT2D eigenvalue weighted by molar-refractivity contribution is -0.149. The van der Waals surface area contributed by atoms with Crippen molar-refractivity contribution in [1.82, 2.24) is 10.1 Å². The number of hydrogen-bond donors (Lipinski definition) is 1. The number of thiophene rings is 1. The maximum Gasteiger partial charge on any atom is 0.332 e. The molecule has 0 aromatic carbocycles. The average molecular weight is 282 g/mol. The summed E-state index contributed by atoms with van der Waals surface area (Å²) in [5.41, 5.74) is 0. The molecule has 0 aliphatic carbocycles. The molecule has 102 valence electrons. The highest BCUT2D eigenvalue weighted by Gasteiger charge is 2.12. The van der Waals surface area contributed by atoms with Gasteiger partial charge < -0.3 is 14.4 Å². The third-order valence-electron chi connectivity index (χ3n) is 2.46. The first-order valence-electron chi connectivity index (χ1n) is 5.87. The molecule has 1 atom stereocenters. The van der Waals surface area contributed by atoms with Gasteiger partial charge in [0.1, 0.15) is 0 Å². The normalized spacial score (nSPS) is 12.5. The van der Waals surface area contributed by atoms with Crippen molar-refractivity contribution >= 4 is 17.3 Å². The minimum absolute atomic E-state index is 0.351. The van der Waals surface area contributed by atoms with Crippen molar-refractivity contribution in [3.8, 4) is 10.7 Å². The first-order valence-corrected chi connectivity index (χ1v) is 6.75. The monoisotopic (exact) mass is 282 g/mol. The number of aromatic nitrogens is 2. The van der Waals surface area contributed by atoms with E-state index in [2.05, 4.69) is 10.1 Å². The Bertz CT molecular complexity index is 524. The first-order chi connectivity index (χ1) is 9.16. The Balaban J connectivity index is 1.77. The zero-order chi connectivity index (χ0) is 13.7. The van der Waals surface area contributed by atoms with Gasteiger partial charge in [-0.3, -0.25) is 0 Å². The molecule has 2 aromatic heterocycles. The van der Waals surface area contributed by atoms with Gasteiger partial charge in [0.2, 0.25) is 11.7 Å². The number of carboxylic acids is 1. The van der Waals surface area contributed by atoms with Crippen molar-refractivity contribution in [2.24, 2.45) is 0 Å². The first kappa shape index (κ1) is 13.7. The van der Waals surface area contributed by atoms with Crippen molar-refractivity contribution in [3.05, 3.63) is 23.4 Å². The van der Waals surface area contributed by atoms with Crippen LogP contribution in [0.1, 0.15) is 19.2 Å². The Labute approximate surface area is 114 Å². The maximum absolute atomic E-state index is 10.5. The van der Waals surface area contributed by atoms with Gasteiger partial charge in [0, 0.05) is 13.0 Å². The SMILES string of the molecule is CC(OCCCc1nc(-c2cccs2)no1)C(=O)O. The summed E-state index contributed by atoms with van der Waals surface area (Å²) >= 11 is 1.55. The predicted octanol–water partition coefficient (Wildman–Crippen LogP) is 2.22. The van der Waals surface area contributed by atoms with E-state index in [9.17, 15) is 4.79 Å². The molecule has 0 spiro atoms. The van der Waals surface area contributed by atoms with Crippen LogP contribution < -0.4 is 0 Å². The fourth-order valence-electron chi connectivity index (χ4n) is 1.42. The van der Waals surface area contributed by atoms with Crippen molar-refractivity contribution in [2.45, 2.75) is 25.9 Å². The smallest absolute Gasteiger partial charge is 0.332 e. The summed E-state index contributed by atoms with van der Waals surface area (Å²) in [6, 6.07) is 3.86. The van der Waals surface area contributed by atoms with Gasteiger partial charge in [0.05, 0.1) is 4.88 Å². The molecule has 1 unspecified atom stereocenters. The number of rotatable bonds is 7. The van der Waals surface area contributed by atoms with Crippen LogP contribution in [-0.4, -0.2) is 33.9 Å². The van der Waals surface area contributed by atoms with E-state index in [-0.39, 0.29) is 0 Å². The van der Waals surface area contributed by atoms with Crippen molar-refractivity contribution in [2.75, 3.05) is 6.61 Å². The highest BCUT2D eigenvalue weighted by molar-refractivity contribution is 7.13. The number of hydrogen-bond acceptors (Lipinski definition) is 6. The lowest BCUT2D eigenvalue weighted by Crippen LogP contribution is -2.20. The van der Waals surface area contributed by atoms with Gasteiger partial charge in [-0.25, -0.2) is 4.79 Å². The number of aryl methyl sites for hydroxylation is 1. The molecule has 2 heterocycles. The van der Waals surface area contributed by atoms with Crippen LogP contribution >= 0.6 is 11.3 Å². The molecule has 0 amide bonds. The molecule has 0 aliphatic heterocycles. The lowest BCUT2D eigenvalue weighted by atomic mass is 10.3. The zero-order valence-electron chi connectivity index (χ0n) is 10.4. The van der Waals surface area contributed by atoms with Crippen molar-refractivity contribution in [3.63, 3.8) is 0 Å². The molecule has 6 nitrogen and oxygen atoms in total. The average Bonchev–Trinajstić information content (AvgIpc) is 3.04. The van der Waals surface area contributed by atoms with E-state index in [0.29, 0.717) is 31.2 Å². The van der Waals surface area contributed by atoms with Gasteiger partial charge in [-0.15, -0.1) is 11.3 Å². The van der Waals surface area contributed by atoms with Crippen LogP contribution in [0.4, 0.5) is 0 Å². The number of ether oxygens (including phenoxy) is 1. The molecule has 19 heavy (non-hydrogen) atoms. The molecule has 0 saturated heterocycles. The molecule has 7 heteroatoms. The van der Waals surface area contributed by atoms with Gasteiger partial charge in [0.15, 0.2) is 6.10 Å². The predicted molar refractivity (Wildman–Crippen MR) is 69.0 cm³/mol. The highest BCUT2D eigenvalue weighted by atomic mass is 32.1. The number of carboxylic acid groups (broad SMARTS) is 1. The summed E-state index contributed by atoms with van der Waals surface area (Å²) in [5, 5.41) is 14.5. The second kappa shape index (κ2) is 6.44. The number of carbonyl (C=O) groups is 1. The van der Waals surface area contributed by atoms with Crippen LogP contribution in [0.3, 0.4) is 0 Å². The van der Waals surface area contributed by atoms with Crippen LogP contribution in [0.5, 0.6) is 0 Å². The Morgan fingerprint density at radius 2 is 2.47 bits per heavy atom. The number of nitrogens with zero attached hydrogens (tertiary/aromatic N) is 2. The fourth-order valence-corrected chi connectivity index (χ4v) is 2.07. The maximum atomic E-state index is 10.5. The second-order valence-electron chi connectivity index (χ2n) is 3.94. The Morgan fingerprint density at radius 1 is 1.63 bits per heavy atom. The molecular formula is C12H14N2O4S. The van der Waals surface area contributed by atoms with E-state index < -0.39 is 12.1 Å². The lowest BCUT2D eigenvalue weighted by Gasteiger charge is -2.06.